The molecule has 0 bridgehead atoms. The second kappa shape index (κ2) is 10.8. The molecule has 1 saturated carbocycles. The number of likely N-dealkylation sites (tertiary alicyclic amines) is 1. The number of hydrogen-bond acceptors (Lipinski definition) is 3. The topological polar surface area (TPSA) is 85.8 Å². The molecule has 3 rings (SSSR count). The van der Waals surface area contributed by atoms with Crippen molar-refractivity contribution in [3.63, 3.8) is 0 Å². The fraction of sp³-hybridized carbons (Fsp3) is 0.591. The second-order valence-electron chi connectivity index (χ2n) is 7.87. The number of aliphatic imine (C=N–C) groups is 1. The van der Waals surface area contributed by atoms with Gasteiger partial charge in [0, 0.05) is 50.7 Å². The molecule has 0 spiro atoms. The minimum Gasteiger partial charge on any atom is -0.355 e. The number of nitrogens with zero attached hydrogens (tertiary/aromatic N) is 2. The van der Waals surface area contributed by atoms with Crippen LogP contribution in [-0.2, 0) is 4.79 Å². The van der Waals surface area contributed by atoms with Crippen LogP contribution in [0.1, 0.15) is 48.9 Å². The van der Waals surface area contributed by atoms with Crippen molar-refractivity contribution in [2.24, 2.45) is 10.9 Å². The van der Waals surface area contributed by atoms with Crippen molar-refractivity contribution in [1.82, 2.24) is 20.9 Å². The van der Waals surface area contributed by atoms with Gasteiger partial charge in [0.25, 0.3) is 5.91 Å². The number of amides is 2. The van der Waals surface area contributed by atoms with Crippen molar-refractivity contribution in [3.05, 3.63) is 35.9 Å². The molecule has 29 heavy (non-hydrogen) atoms. The Labute approximate surface area is 173 Å². The fourth-order valence-electron chi connectivity index (χ4n) is 4.12. The number of guanidine groups is 1. The molecule has 1 atom stereocenters. The van der Waals surface area contributed by atoms with E-state index in [4.69, 9.17) is 0 Å². The third-order valence-electron chi connectivity index (χ3n) is 5.76. The molecule has 7 heteroatoms. The Morgan fingerprint density at radius 2 is 1.76 bits per heavy atom. The molecule has 158 valence electrons. The summed E-state index contributed by atoms with van der Waals surface area (Å²) in [6, 6.07) is 9.40. The van der Waals surface area contributed by atoms with Gasteiger partial charge in [-0.2, -0.15) is 0 Å². The normalized spacial score (nSPS) is 20.4. The summed E-state index contributed by atoms with van der Waals surface area (Å²) >= 11 is 0. The van der Waals surface area contributed by atoms with Crippen LogP contribution in [0, 0.1) is 5.92 Å². The number of hydrogen-bond donors (Lipinski definition) is 3. The lowest BCUT2D eigenvalue weighted by atomic mass is 9.88. The SMILES string of the molecule is CN=C(NCCNC(=O)c1ccccc1)NC1CCN(C(=O)C2CCCCC2)C1. The van der Waals surface area contributed by atoms with Gasteiger partial charge in [0.1, 0.15) is 0 Å². The lowest BCUT2D eigenvalue weighted by Gasteiger charge is -2.26. The zero-order chi connectivity index (χ0) is 20.5. The standard InChI is InChI=1S/C22H33N5O2/c1-23-22(25-14-13-24-20(28)17-8-4-2-5-9-17)26-19-12-15-27(16-19)21(29)18-10-6-3-7-11-18/h2,4-5,8-9,18-19H,3,6-7,10-16H2,1H3,(H,24,28)(H2,23,25,26). The van der Waals surface area contributed by atoms with Crippen molar-refractivity contribution < 1.29 is 9.59 Å². The van der Waals surface area contributed by atoms with Crippen LogP contribution in [-0.4, -0.2) is 61.9 Å². The van der Waals surface area contributed by atoms with E-state index in [0.717, 1.165) is 32.4 Å². The van der Waals surface area contributed by atoms with Gasteiger partial charge < -0.3 is 20.9 Å². The summed E-state index contributed by atoms with van der Waals surface area (Å²) in [5.74, 6) is 1.19. The number of nitrogens with one attached hydrogen (secondary N) is 3. The molecule has 7 nitrogen and oxygen atoms in total. The smallest absolute Gasteiger partial charge is 0.251 e. The maximum absolute atomic E-state index is 12.7. The Bertz CT molecular complexity index is 700. The van der Waals surface area contributed by atoms with Gasteiger partial charge in [0.2, 0.25) is 5.91 Å². The third-order valence-corrected chi connectivity index (χ3v) is 5.76. The molecule has 1 unspecified atom stereocenters. The van der Waals surface area contributed by atoms with Crippen LogP contribution in [0.2, 0.25) is 0 Å². The predicted molar refractivity (Wildman–Crippen MR) is 115 cm³/mol. The Morgan fingerprint density at radius 1 is 1.03 bits per heavy atom. The highest BCUT2D eigenvalue weighted by atomic mass is 16.2. The van der Waals surface area contributed by atoms with Crippen molar-refractivity contribution in [2.75, 3.05) is 33.2 Å². The van der Waals surface area contributed by atoms with E-state index < -0.39 is 0 Å². The van der Waals surface area contributed by atoms with Crippen molar-refractivity contribution >= 4 is 17.8 Å². The Kier molecular flexibility index (Phi) is 7.90. The number of carbonyl (C=O) groups excluding carboxylic acids is 2. The van der Waals surface area contributed by atoms with Crippen LogP contribution in [0.25, 0.3) is 0 Å². The first-order valence-electron chi connectivity index (χ1n) is 10.8. The van der Waals surface area contributed by atoms with E-state index in [9.17, 15) is 9.59 Å². The average Bonchev–Trinajstić information content (AvgIpc) is 3.24. The first-order valence-corrected chi connectivity index (χ1v) is 10.8. The minimum atomic E-state index is -0.0805. The molecule has 2 fully saturated rings. The monoisotopic (exact) mass is 399 g/mol. The number of benzene rings is 1. The first kappa shape index (κ1) is 21.1. The summed E-state index contributed by atoms with van der Waals surface area (Å²) in [6.45, 7) is 2.64. The molecule has 1 heterocycles. The fourth-order valence-corrected chi connectivity index (χ4v) is 4.12. The highest BCUT2D eigenvalue weighted by Gasteiger charge is 2.31. The summed E-state index contributed by atoms with van der Waals surface area (Å²) in [4.78, 5) is 31.0. The second-order valence-corrected chi connectivity index (χ2v) is 7.87. The van der Waals surface area contributed by atoms with Crippen LogP contribution in [0.4, 0.5) is 0 Å². The molecule has 3 N–H and O–H groups in total. The molecule has 2 aliphatic rings. The zero-order valence-electron chi connectivity index (χ0n) is 17.3. The molecule has 1 saturated heterocycles. The Balaban J connectivity index is 1.36. The quantitative estimate of drug-likeness (QED) is 0.387. The van der Waals surface area contributed by atoms with E-state index in [1.54, 1.807) is 19.2 Å². The van der Waals surface area contributed by atoms with Crippen molar-refractivity contribution in [1.29, 1.82) is 0 Å². The summed E-state index contributed by atoms with van der Waals surface area (Å²) < 4.78 is 0. The van der Waals surface area contributed by atoms with E-state index in [-0.39, 0.29) is 17.9 Å². The van der Waals surface area contributed by atoms with Gasteiger partial charge in [-0.25, -0.2) is 0 Å². The molecule has 2 amide bonds. The van der Waals surface area contributed by atoms with Crippen LogP contribution in [0.15, 0.2) is 35.3 Å². The highest BCUT2D eigenvalue weighted by Crippen LogP contribution is 2.26. The van der Waals surface area contributed by atoms with Gasteiger partial charge in [-0.15, -0.1) is 0 Å². The predicted octanol–water partition coefficient (Wildman–Crippen LogP) is 1.76. The summed E-state index contributed by atoms with van der Waals surface area (Å²) in [6.07, 6.45) is 6.66. The van der Waals surface area contributed by atoms with Gasteiger partial charge >= 0.3 is 0 Å². The van der Waals surface area contributed by atoms with Crippen LogP contribution < -0.4 is 16.0 Å². The Morgan fingerprint density at radius 3 is 2.48 bits per heavy atom. The first-order chi connectivity index (χ1) is 14.2. The van der Waals surface area contributed by atoms with Crippen molar-refractivity contribution in [2.45, 2.75) is 44.6 Å². The lowest BCUT2D eigenvalue weighted by molar-refractivity contribution is -0.135. The van der Waals surface area contributed by atoms with Gasteiger partial charge in [0.05, 0.1) is 0 Å². The lowest BCUT2D eigenvalue weighted by Crippen LogP contribution is -2.47. The number of carbonyl (C=O) groups is 2. The maximum atomic E-state index is 12.7. The van der Waals surface area contributed by atoms with Crippen LogP contribution in [0.3, 0.4) is 0 Å². The summed E-state index contributed by atoms with van der Waals surface area (Å²) in [5, 5.41) is 9.53. The Hall–Kier alpha value is -2.57. The van der Waals surface area contributed by atoms with Gasteiger partial charge in [-0.3, -0.25) is 14.6 Å². The minimum absolute atomic E-state index is 0.0805. The molecule has 1 aromatic rings. The highest BCUT2D eigenvalue weighted by molar-refractivity contribution is 5.94. The van der Waals surface area contributed by atoms with E-state index in [1.165, 1.54) is 19.3 Å². The largest absolute Gasteiger partial charge is 0.355 e. The summed E-state index contributed by atoms with van der Waals surface area (Å²) in [5.41, 5.74) is 0.656. The molecule has 1 aliphatic heterocycles. The zero-order valence-corrected chi connectivity index (χ0v) is 17.3. The van der Waals surface area contributed by atoms with E-state index in [2.05, 4.69) is 20.9 Å². The van der Waals surface area contributed by atoms with Crippen molar-refractivity contribution in [3.8, 4) is 0 Å². The molecule has 1 aromatic carbocycles. The van der Waals surface area contributed by atoms with Gasteiger partial charge in [-0.05, 0) is 31.4 Å². The van der Waals surface area contributed by atoms with E-state index >= 15 is 0 Å². The van der Waals surface area contributed by atoms with Crippen LogP contribution in [0.5, 0.6) is 0 Å². The average molecular weight is 400 g/mol. The maximum Gasteiger partial charge on any atom is 0.251 e. The van der Waals surface area contributed by atoms with Gasteiger partial charge in [0.15, 0.2) is 5.96 Å². The third kappa shape index (κ3) is 6.21. The number of rotatable bonds is 6. The molecule has 1 aliphatic carbocycles. The molecule has 0 aromatic heterocycles. The van der Waals surface area contributed by atoms with Gasteiger partial charge in [-0.1, -0.05) is 37.5 Å². The molecular formula is C22H33N5O2. The molecular weight excluding hydrogens is 366 g/mol. The summed E-state index contributed by atoms with van der Waals surface area (Å²) in [7, 11) is 1.73. The van der Waals surface area contributed by atoms with Crippen LogP contribution >= 0.6 is 0 Å². The van der Waals surface area contributed by atoms with E-state index in [1.807, 2.05) is 23.1 Å². The van der Waals surface area contributed by atoms with E-state index in [0.29, 0.717) is 30.5 Å². The molecule has 0 radical (unpaired) electrons.